The van der Waals surface area contributed by atoms with Crippen molar-refractivity contribution in [3.05, 3.63) is 29.4 Å². The van der Waals surface area contributed by atoms with Crippen LogP contribution in [-0.2, 0) is 0 Å². The zero-order valence-corrected chi connectivity index (χ0v) is 11.0. The van der Waals surface area contributed by atoms with Crippen molar-refractivity contribution in [3.63, 3.8) is 0 Å². The van der Waals surface area contributed by atoms with Gasteiger partial charge >= 0.3 is 6.03 Å². The van der Waals surface area contributed by atoms with E-state index in [1.807, 2.05) is 11.8 Å². The third-order valence-corrected chi connectivity index (χ3v) is 3.23. The van der Waals surface area contributed by atoms with Gasteiger partial charge in [-0.3, -0.25) is 0 Å². The van der Waals surface area contributed by atoms with Gasteiger partial charge in [-0.2, -0.15) is 0 Å². The second-order valence-corrected chi connectivity index (χ2v) is 4.68. The van der Waals surface area contributed by atoms with E-state index in [1.54, 1.807) is 12.4 Å². The number of urea groups is 1. The molecule has 0 spiro atoms. The molecule has 0 atom stereocenters. The highest BCUT2D eigenvalue weighted by Crippen LogP contribution is 2.17. The van der Waals surface area contributed by atoms with Crippen LogP contribution in [0.1, 0.15) is 26.1 Å². The van der Waals surface area contributed by atoms with E-state index < -0.39 is 0 Å². The summed E-state index contributed by atoms with van der Waals surface area (Å²) in [5, 5.41) is 2.81. The van der Waals surface area contributed by atoms with Crippen molar-refractivity contribution in [2.45, 2.75) is 27.2 Å². The molecule has 2 rings (SSSR count). The van der Waals surface area contributed by atoms with Crippen LogP contribution in [0.4, 0.5) is 10.5 Å². The third-order valence-electron chi connectivity index (χ3n) is 3.23. The summed E-state index contributed by atoms with van der Waals surface area (Å²) in [5.41, 5.74) is 3.30. The number of amides is 2. The molecule has 1 N–H and O–H groups in total. The molecule has 5 nitrogen and oxygen atoms in total. The van der Waals surface area contributed by atoms with E-state index >= 15 is 0 Å². The Morgan fingerprint density at radius 3 is 2.50 bits per heavy atom. The van der Waals surface area contributed by atoms with Crippen molar-refractivity contribution in [3.8, 4) is 0 Å². The Balaban J connectivity index is 1.99. The first-order valence-corrected chi connectivity index (χ1v) is 6.06. The smallest absolute Gasteiger partial charge is 0.320 e. The number of rotatable bonds is 1. The minimum Gasteiger partial charge on any atom is -0.320 e. The first kappa shape index (κ1) is 12.5. The normalized spacial score (nSPS) is 15.8. The van der Waals surface area contributed by atoms with E-state index in [1.165, 1.54) is 11.1 Å². The zero-order valence-electron chi connectivity index (χ0n) is 11.0. The standard InChI is InChI=1S/C13H18N4O/c1-9-4-5-17(8-10(9)2)13(18)16-12-6-14-11(3)15-7-12/h6-7H,4-5,8H2,1-3H3,(H,16,18). The van der Waals surface area contributed by atoms with Gasteiger partial charge in [-0.15, -0.1) is 0 Å². The van der Waals surface area contributed by atoms with E-state index in [-0.39, 0.29) is 6.03 Å². The largest absolute Gasteiger partial charge is 0.322 e. The van der Waals surface area contributed by atoms with E-state index in [0.717, 1.165) is 13.0 Å². The number of nitrogens with one attached hydrogen (secondary N) is 1. The quantitative estimate of drug-likeness (QED) is 0.774. The number of hydrogen-bond donors (Lipinski definition) is 1. The fourth-order valence-electron chi connectivity index (χ4n) is 1.85. The van der Waals surface area contributed by atoms with Gasteiger partial charge in [0.1, 0.15) is 5.82 Å². The zero-order chi connectivity index (χ0) is 13.1. The fourth-order valence-corrected chi connectivity index (χ4v) is 1.85. The molecule has 2 amide bonds. The van der Waals surface area contributed by atoms with Crippen LogP contribution in [-0.4, -0.2) is 34.0 Å². The molecule has 0 saturated carbocycles. The van der Waals surface area contributed by atoms with Gasteiger partial charge < -0.3 is 10.2 Å². The lowest BCUT2D eigenvalue weighted by Crippen LogP contribution is -2.39. The van der Waals surface area contributed by atoms with E-state index in [2.05, 4.69) is 29.1 Å². The lowest BCUT2D eigenvalue weighted by atomic mass is 10.0. The molecule has 5 heteroatoms. The highest BCUT2D eigenvalue weighted by atomic mass is 16.2. The molecule has 2 heterocycles. The second kappa shape index (κ2) is 5.16. The van der Waals surface area contributed by atoms with Crippen LogP contribution >= 0.6 is 0 Å². The first-order valence-electron chi connectivity index (χ1n) is 6.06. The van der Waals surface area contributed by atoms with Gasteiger partial charge in [0.05, 0.1) is 18.1 Å². The Morgan fingerprint density at radius 2 is 1.89 bits per heavy atom. The lowest BCUT2D eigenvalue weighted by Gasteiger charge is -2.28. The Labute approximate surface area is 107 Å². The monoisotopic (exact) mass is 246 g/mol. The van der Waals surface area contributed by atoms with E-state index in [0.29, 0.717) is 18.1 Å². The molecule has 0 unspecified atom stereocenters. The predicted molar refractivity (Wildman–Crippen MR) is 70.4 cm³/mol. The average molecular weight is 246 g/mol. The number of nitrogens with zero attached hydrogens (tertiary/aromatic N) is 3. The molecular weight excluding hydrogens is 228 g/mol. The van der Waals surface area contributed by atoms with Crippen molar-refractivity contribution >= 4 is 11.7 Å². The highest BCUT2D eigenvalue weighted by Gasteiger charge is 2.18. The third kappa shape index (κ3) is 2.85. The molecule has 0 aromatic carbocycles. The van der Waals surface area contributed by atoms with Gasteiger partial charge in [0.25, 0.3) is 0 Å². The molecule has 1 aliphatic rings. The molecule has 1 aliphatic heterocycles. The number of carbonyl (C=O) groups excluding carboxylic acids is 1. The predicted octanol–water partition coefficient (Wildman–Crippen LogP) is 2.36. The summed E-state index contributed by atoms with van der Waals surface area (Å²) >= 11 is 0. The first-order chi connectivity index (χ1) is 8.56. The molecule has 0 saturated heterocycles. The molecule has 96 valence electrons. The van der Waals surface area contributed by atoms with Crippen LogP contribution in [0.5, 0.6) is 0 Å². The van der Waals surface area contributed by atoms with Crippen LogP contribution in [0.15, 0.2) is 23.5 Å². The number of hydrogen-bond acceptors (Lipinski definition) is 3. The highest BCUT2D eigenvalue weighted by molar-refractivity contribution is 5.89. The van der Waals surface area contributed by atoms with Crippen LogP contribution in [0.2, 0.25) is 0 Å². The van der Waals surface area contributed by atoms with Crippen LogP contribution in [0.25, 0.3) is 0 Å². The lowest BCUT2D eigenvalue weighted by molar-refractivity contribution is 0.214. The molecule has 1 aromatic heterocycles. The van der Waals surface area contributed by atoms with Crippen LogP contribution in [0.3, 0.4) is 0 Å². The summed E-state index contributed by atoms with van der Waals surface area (Å²) in [5.74, 6) is 0.695. The second-order valence-electron chi connectivity index (χ2n) is 4.68. The fraction of sp³-hybridized carbons (Fsp3) is 0.462. The van der Waals surface area contributed by atoms with Gasteiger partial charge in [0, 0.05) is 13.1 Å². The molecule has 0 bridgehead atoms. The summed E-state index contributed by atoms with van der Waals surface area (Å²) in [7, 11) is 0. The molecular formula is C13H18N4O. The van der Waals surface area contributed by atoms with Crippen molar-refractivity contribution < 1.29 is 4.79 Å². The number of carbonyl (C=O) groups is 1. The molecule has 0 aliphatic carbocycles. The molecule has 0 radical (unpaired) electrons. The summed E-state index contributed by atoms with van der Waals surface area (Å²) in [6.45, 7) is 7.47. The minimum atomic E-state index is -0.0886. The Bertz CT molecular complexity index is 478. The van der Waals surface area contributed by atoms with Crippen molar-refractivity contribution in [2.24, 2.45) is 0 Å². The maximum atomic E-state index is 12.0. The maximum absolute atomic E-state index is 12.0. The number of aromatic nitrogens is 2. The number of anilines is 1. The SMILES string of the molecule is CC1=C(C)CN(C(=O)Nc2cnc(C)nc2)CC1. The van der Waals surface area contributed by atoms with Gasteiger partial charge in [0.2, 0.25) is 0 Å². The Kier molecular flexibility index (Phi) is 3.60. The summed E-state index contributed by atoms with van der Waals surface area (Å²) in [6.07, 6.45) is 4.19. The van der Waals surface area contributed by atoms with E-state index in [9.17, 15) is 4.79 Å². The van der Waals surface area contributed by atoms with Gasteiger partial charge in [-0.05, 0) is 27.2 Å². The van der Waals surface area contributed by atoms with Gasteiger partial charge in [0.15, 0.2) is 0 Å². The van der Waals surface area contributed by atoms with Crippen molar-refractivity contribution in [2.75, 3.05) is 18.4 Å². The summed E-state index contributed by atoms with van der Waals surface area (Å²) in [4.78, 5) is 22.0. The van der Waals surface area contributed by atoms with E-state index in [4.69, 9.17) is 0 Å². The van der Waals surface area contributed by atoms with Crippen molar-refractivity contribution in [1.29, 1.82) is 0 Å². The number of aryl methyl sites for hydroxylation is 1. The summed E-state index contributed by atoms with van der Waals surface area (Å²) in [6, 6.07) is -0.0886. The summed E-state index contributed by atoms with van der Waals surface area (Å²) < 4.78 is 0. The average Bonchev–Trinajstić information content (AvgIpc) is 2.35. The topological polar surface area (TPSA) is 58.1 Å². The van der Waals surface area contributed by atoms with Gasteiger partial charge in [-0.25, -0.2) is 14.8 Å². The minimum absolute atomic E-state index is 0.0886. The van der Waals surface area contributed by atoms with Gasteiger partial charge in [-0.1, -0.05) is 11.1 Å². The Morgan fingerprint density at radius 1 is 1.22 bits per heavy atom. The van der Waals surface area contributed by atoms with Crippen LogP contribution < -0.4 is 5.32 Å². The Hall–Kier alpha value is -1.91. The molecule has 18 heavy (non-hydrogen) atoms. The van der Waals surface area contributed by atoms with Crippen molar-refractivity contribution in [1.82, 2.24) is 14.9 Å². The maximum Gasteiger partial charge on any atom is 0.322 e. The van der Waals surface area contributed by atoms with Crippen LogP contribution in [0, 0.1) is 6.92 Å². The molecule has 0 fully saturated rings. The molecule has 1 aromatic rings.